The van der Waals surface area contributed by atoms with E-state index in [1.807, 2.05) is 18.2 Å². The number of halogens is 5. The summed E-state index contributed by atoms with van der Waals surface area (Å²) in [6, 6.07) is 11.1. The van der Waals surface area contributed by atoms with Gasteiger partial charge in [-0.05, 0) is 71.8 Å². The standard InChI is InChI=1S/C29H22F5N3O3/c1-14-7-22(24(31)11-21(14)20-3-2-4-23(30)25(20)29(32,33)34)27-35-26(36-40-27)15-5-6-16-12-37(13-18(16)8-15)19-9-17(10-19)28(38)39/h2-8,11,17,19H,9-10,12-13H2,1H3,(H,38,39). The van der Waals surface area contributed by atoms with Crippen LogP contribution in [0.1, 0.15) is 35.1 Å². The van der Waals surface area contributed by atoms with Gasteiger partial charge in [-0.2, -0.15) is 18.2 Å². The number of carboxylic acids is 1. The molecule has 3 aromatic carbocycles. The van der Waals surface area contributed by atoms with Gasteiger partial charge in [-0.3, -0.25) is 9.69 Å². The van der Waals surface area contributed by atoms with Crippen molar-refractivity contribution < 1.29 is 36.4 Å². The predicted octanol–water partition coefficient (Wildman–Crippen LogP) is 6.85. The van der Waals surface area contributed by atoms with E-state index < -0.39 is 34.9 Å². The third-order valence-electron chi connectivity index (χ3n) is 7.75. The van der Waals surface area contributed by atoms with Crippen molar-refractivity contribution in [2.75, 3.05) is 0 Å². The number of carbonyl (C=O) groups is 1. The minimum absolute atomic E-state index is 0.0877. The highest BCUT2D eigenvalue weighted by Gasteiger charge is 2.40. The Hall–Kier alpha value is -4.12. The molecule has 1 saturated carbocycles. The van der Waals surface area contributed by atoms with Crippen LogP contribution in [0.4, 0.5) is 22.0 Å². The number of rotatable bonds is 5. The molecule has 1 aliphatic carbocycles. The van der Waals surface area contributed by atoms with E-state index in [0.717, 1.165) is 35.9 Å². The van der Waals surface area contributed by atoms with Gasteiger partial charge in [0.1, 0.15) is 11.6 Å². The molecule has 0 amide bonds. The van der Waals surface area contributed by atoms with Crippen LogP contribution in [0.15, 0.2) is 53.1 Å². The van der Waals surface area contributed by atoms with Gasteiger partial charge in [-0.15, -0.1) is 0 Å². The Bertz CT molecular complexity index is 1640. The molecule has 6 rings (SSSR count). The molecule has 2 heterocycles. The summed E-state index contributed by atoms with van der Waals surface area (Å²) in [7, 11) is 0. The first-order valence-corrected chi connectivity index (χ1v) is 12.6. The monoisotopic (exact) mass is 555 g/mol. The second kappa shape index (κ2) is 9.51. The van der Waals surface area contributed by atoms with Crippen molar-refractivity contribution in [3.8, 4) is 34.0 Å². The fourth-order valence-electron chi connectivity index (χ4n) is 5.53. The second-order valence-corrected chi connectivity index (χ2v) is 10.3. The summed E-state index contributed by atoms with van der Waals surface area (Å²) in [4.78, 5) is 17.7. The smallest absolute Gasteiger partial charge is 0.419 e. The predicted molar refractivity (Wildman–Crippen MR) is 134 cm³/mol. The van der Waals surface area contributed by atoms with E-state index in [4.69, 9.17) is 9.63 Å². The SMILES string of the molecule is Cc1cc(-c2nc(-c3ccc4c(c3)CN(C3CC(C(=O)O)C3)C4)no2)c(F)cc1-c1cccc(F)c1C(F)(F)F. The van der Waals surface area contributed by atoms with Crippen molar-refractivity contribution in [2.45, 2.75) is 45.1 Å². The highest BCUT2D eigenvalue weighted by Crippen LogP contribution is 2.41. The number of hydrogen-bond donors (Lipinski definition) is 1. The van der Waals surface area contributed by atoms with Crippen LogP contribution in [0.5, 0.6) is 0 Å². The van der Waals surface area contributed by atoms with Gasteiger partial charge >= 0.3 is 12.1 Å². The molecular formula is C29H22F5N3O3. The number of aryl methyl sites for hydroxylation is 1. The average molecular weight is 556 g/mol. The third kappa shape index (κ3) is 4.53. The molecule has 1 aliphatic heterocycles. The molecule has 0 bridgehead atoms. The van der Waals surface area contributed by atoms with E-state index in [0.29, 0.717) is 31.0 Å². The summed E-state index contributed by atoms with van der Waals surface area (Å²) in [5.74, 6) is -3.31. The van der Waals surface area contributed by atoms with Crippen molar-refractivity contribution in [1.82, 2.24) is 15.0 Å². The van der Waals surface area contributed by atoms with E-state index >= 15 is 4.39 Å². The number of nitrogens with zero attached hydrogens (tertiary/aromatic N) is 3. The Morgan fingerprint density at radius 2 is 1.73 bits per heavy atom. The second-order valence-electron chi connectivity index (χ2n) is 10.3. The van der Waals surface area contributed by atoms with Crippen molar-refractivity contribution in [1.29, 1.82) is 0 Å². The van der Waals surface area contributed by atoms with Gasteiger partial charge in [-0.25, -0.2) is 8.78 Å². The summed E-state index contributed by atoms with van der Waals surface area (Å²) in [6.45, 7) is 2.89. The first-order valence-electron chi connectivity index (χ1n) is 12.6. The molecule has 40 heavy (non-hydrogen) atoms. The summed E-state index contributed by atoms with van der Waals surface area (Å²) >= 11 is 0. The molecule has 11 heteroatoms. The molecule has 206 valence electrons. The number of alkyl halides is 3. The molecule has 1 aromatic heterocycles. The quantitative estimate of drug-likeness (QED) is 0.271. The largest absolute Gasteiger partial charge is 0.481 e. The van der Waals surface area contributed by atoms with Gasteiger partial charge in [0.15, 0.2) is 0 Å². The number of benzene rings is 3. The van der Waals surface area contributed by atoms with Gasteiger partial charge in [0.25, 0.3) is 5.89 Å². The van der Waals surface area contributed by atoms with Gasteiger partial charge in [0.05, 0.1) is 17.0 Å². The van der Waals surface area contributed by atoms with Crippen molar-refractivity contribution in [3.05, 3.63) is 82.4 Å². The lowest BCUT2D eigenvalue weighted by Crippen LogP contribution is -2.44. The molecule has 1 N–H and O–H groups in total. The lowest BCUT2D eigenvalue weighted by atomic mass is 9.79. The minimum Gasteiger partial charge on any atom is -0.481 e. The van der Waals surface area contributed by atoms with E-state index in [1.165, 1.54) is 13.0 Å². The maximum atomic E-state index is 15.2. The third-order valence-corrected chi connectivity index (χ3v) is 7.75. The van der Waals surface area contributed by atoms with Crippen LogP contribution in [0.3, 0.4) is 0 Å². The normalized spacial score (nSPS) is 18.9. The van der Waals surface area contributed by atoms with Crippen molar-refractivity contribution >= 4 is 5.97 Å². The van der Waals surface area contributed by atoms with Gasteiger partial charge in [0.2, 0.25) is 5.82 Å². The summed E-state index contributed by atoms with van der Waals surface area (Å²) in [6.07, 6.45) is -3.70. The Balaban J connectivity index is 1.25. The first-order chi connectivity index (χ1) is 19.0. The van der Waals surface area contributed by atoms with Gasteiger partial charge in [-0.1, -0.05) is 29.4 Å². The summed E-state index contributed by atoms with van der Waals surface area (Å²) < 4.78 is 75.3. The highest BCUT2D eigenvalue weighted by atomic mass is 19.4. The zero-order chi connectivity index (χ0) is 28.3. The molecule has 6 nitrogen and oxygen atoms in total. The number of carboxylic acid groups (broad SMARTS) is 1. The Kier molecular flexibility index (Phi) is 6.21. The van der Waals surface area contributed by atoms with Crippen LogP contribution in [-0.4, -0.2) is 32.2 Å². The number of fused-ring (bicyclic) bond motifs is 1. The van der Waals surface area contributed by atoms with E-state index in [2.05, 4.69) is 15.0 Å². The molecule has 0 saturated heterocycles. The van der Waals surface area contributed by atoms with Crippen LogP contribution < -0.4 is 0 Å². The molecule has 1 fully saturated rings. The topological polar surface area (TPSA) is 79.5 Å². The maximum absolute atomic E-state index is 15.2. The van der Waals surface area contributed by atoms with Crippen LogP contribution >= 0.6 is 0 Å². The zero-order valence-electron chi connectivity index (χ0n) is 21.1. The van der Waals surface area contributed by atoms with Gasteiger partial charge in [0, 0.05) is 24.7 Å². The Morgan fingerprint density at radius 1 is 0.975 bits per heavy atom. The minimum atomic E-state index is -4.96. The lowest BCUT2D eigenvalue weighted by molar-refractivity contribution is -0.147. The molecule has 4 aromatic rings. The van der Waals surface area contributed by atoms with Crippen molar-refractivity contribution in [3.63, 3.8) is 0 Å². The molecular weight excluding hydrogens is 533 g/mol. The van der Waals surface area contributed by atoms with E-state index in [-0.39, 0.29) is 40.4 Å². The Morgan fingerprint density at radius 3 is 2.45 bits per heavy atom. The molecule has 2 aliphatic rings. The zero-order valence-corrected chi connectivity index (χ0v) is 21.1. The highest BCUT2D eigenvalue weighted by molar-refractivity contribution is 5.75. The van der Waals surface area contributed by atoms with Crippen molar-refractivity contribution in [2.24, 2.45) is 5.92 Å². The lowest BCUT2D eigenvalue weighted by Gasteiger charge is -2.39. The molecule has 0 atom stereocenters. The van der Waals surface area contributed by atoms with Gasteiger partial charge < -0.3 is 9.63 Å². The number of aliphatic carboxylic acids is 1. The summed E-state index contributed by atoms with van der Waals surface area (Å²) in [5, 5.41) is 13.1. The van der Waals surface area contributed by atoms with Crippen LogP contribution in [0.2, 0.25) is 0 Å². The maximum Gasteiger partial charge on any atom is 0.419 e. The van der Waals surface area contributed by atoms with E-state index in [1.54, 1.807) is 0 Å². The molecule has 0 spiro atoms. The fraction of sp³-hybridized carbons (Fsp3) is 0.276. The average Bonchev–Trinajstić information content (AvgIpc) is 3.50. The van der Waals surface area contributed by atoms with Crippen LogP contribution in [-0.2, 0) is 24.1 Å². The van der Waals surface area contributed by atoms with E-state index in [9.17, 15) is 22.4 Å². The number of hydrogen-bond acceptors (Lipinski definition) is 5. The molecule has 0 radical (unpaired) electrons. The van der Waals surface area contributed by atoms with Crippen LogP contribution in [0.25, 0.3) is 34.0 Å². The first kappa shape index (κ1) is 26.1. The molecule has 0 unspecified atom stereocenters. The summed E-state index contributed by atoms with van der Waals surface area (Å²) in [5.41, 5.74) is 0.992. The van der Waals surface area contributed by atoms with Crippen LogP contribution in [0, 0.1) is 24.5 Å². The Labute approximate surface area is 225 Å². The number of aromatic nitrogens is 2. The fourth-order valence-corrected chi connectivity index (χ4v) is 5.53.